The minimum absolute atomic E-state index is 0.0117. The first-order valence-electron chi connectivity index (χ1n) is 19.8. The number of amides is 1. The second kappa shape index (κ2) is 13.5. The van der Waals surface area contributed by atoms with E-state index in [2.05, 4.69) is 33.5 Å². The van der Waals surface area contributed by atoms with Crippen molar-refractivity contribution >= 4 is 60.8 Å². The highest BCUT2D eigenvalue weighted by Crippen LogP contribution is 2.62. The van der Waals surface area contributed by atoms with Gasteiger partial charge in [-0.15, -0.1) is 16.4 Å². The summed E-state index contributed by atoms with van der Waals surface area (Å²) in [5.41, 5.74) is 4.74. The first-order chi connectivity index (χ1) is 28.3. The van der Waals surface area contributed by atoms with Gasteiger partial charge >= 0.3 is 18.1 Å². The predicted octanol–water partition coefficient (Wildman–Crippen LogP) is 8.23. The summed E-state index contributed by atoms with van der Waals surface area (Å²) in [4.78, 5) is 32.7. The molecule has 59 heavy (non-hydrogen) atoms. The lowest BCUT2D eigenvalue weighted by Crippen LogP contribution is -2.72. The first kappa shape index (κ1) is 38.2. The SMILES string of the molecule is C=C(Oc1nc(N2CCCC[C@@]3(C2)CN(C(=O)n2cnc(F)n2)[C@@H]3C2(C)CC2)c2cc(Cl)c(-c3ccc(F)c4sc(N)c(C#N)c34)c(F)c2n1)[C@@]12CCCN1C[C@H](F)C2. The van der Waals surface area contributed by atoms with E-state index in [-0.39, 0.29) is 78.5 Å². The van der Waals surface area contributed by atoms with E-state index < -0.39 is 40.9 Å². The lowest BCUT2D eigenvalue weighted by atomic mass is 9.63. The van der Waals surface area contributed by atoms with E-state index >= 15 is 8.78 Å². The van der Waals surface area contributed by atoms with E-state index in [0.717, 1.165) is 60.9 Å². The van der Waals surface area contributed by atoms with E-state index in [1.807, 2.05) is 11.0 Å². The van der Waals surface area contributed by atoms with Crippen LogP contribution in [0.15, 0.2) is 36.9 Å². The predicted molar refractivity (Wildman–Crippen MR) is 214 cm³/mol. The fourth-order valence-corrected chi connectivity index (χ4v) is 12.0. The van der Waals surface area contributed by atoms with Gasteiger partial charge in [0.15, 0.2) is 5.82 Å². The second-order valence-corrected chi connectivity index (χ2v) is 18.6. The number of likely N-dealkylation sites (tertiary alicyclic amines) is 1. The van der Waals surface area contributed by atoms with Gasteiger partial charge in [-0.05, 0) is 68.2 Å². The topological polar surface area (TPSA) is 142 Å². The molecule has 7 heterocycles. The number of hydrogen-bond donors (Lipinski definition) is 1. The Morgan fingerprint density at radius 3 is 2.68 bits per heavy atom. The zero-order valence-electron chi connectivity index (χ0n) is 32.1. The lowest BCUT2D eigenvalue weighted by molar-refractivity contribution is -0.0766. The fourth-order valence-electron chi connectivity index (χ4n) is 10.8. The van der Waals surface area contributed by atoms with Crippen molar-refractivity contribution in [3.63, 3.8) is 0 Å². The van der Waals surface area contributed by atoms with Crippen LogP contribution in [0.25, 0.3) is 32.1 Å². The minimum atomic E-state index is -1.06. The van der Waals surface area contributed by atoms with Gasteiger partial charge in [0, 0.05) is 60.4 Å². The van der Waals surface area contributed by atoms with E-state index in [0.29, 0.717) is 43.8 Å². The van der Waals surface area contributed by atoms with Crippen molar-refractivity contribution in [2.45, 2.75) is 76.0 Å². The molecule has 4 aliphatic heterocycles. The van der Waals surface area contributed by atoms with Crippen LogP contribution in [0, 0.1) is 39.9 Å². The van der Waals surface area contributed by atoms with Crippen LogP contribution in [-0.2, 0) is 0 Å². The number of hydrogen-bond acceptors (Lipinski definition) is 11. The molecule has 1 saturated carbocycles. The third kappa shape index (κ3) is 5.80. The summed E-state index contributed by atoms with van der Waals surface area (Å²) in [6.07, 6.45) is 4.94. The molecule has 4 saturated heterocycles. The average Bonchev–Trinajstić information content (AvgIpc) is 3.43. The Balaban J connectivity index is 1.11. The number of carbonyl (C=O) groups excluding carboxylic acids is 1. The molecule has 3 aromatic heterocycles. The van der Waals surface area contributed by atoms with Gasteiger partial charge in [0.1, 0.15) is 46.5 Å². The maximum absolute atomic E-state index is 17.5. The van der Waals surface area contributed by atoms with Crippen molar-refractivity contribution in [2.24, 2.45) is 10.8 Å². The number of carbonyl (C=O) groups is 1. The monoisotopic (exact) mass is 846 g/mol. The van der Waals surface area contributed by atoms with Crippen molar-refractivity contribution < 1.29 is 27.1 Å². The molecule has 1 spiro atoms. The van der Waals surface area contributed by atoms with Gasteiger partial charge in [-0.3, -0.25) is 4.90 Å². The number of nitriles is 1. The maximum atomic E-state index is 17.5. The summed E-state index contributed by atoms with van der Waals surface area (Å²) in [5.74, 6) is -0.827. The Bertz CT molecular complexity index is 2660. The number of halogens is 5. The van der Waals surface area contributed by atoms with Gasteiger partial charge in [0.05, 0.1) is 20.8 Å². The van der Waals surface area contributed by atoms with Crippen LogP contribution in [0.1, 0.15) is 63.9 Å². The number of rotatable bonds is 6. The second-order valence-electron chi connectivity index (χ2n) is 17.1. The van der Waals surface area contributed by atoms with Gasteiger partial charge in [0.25, 0.3) is 0 Å². The Kier molecular flexibility index (Phi) is 8.72. The van der Waals surface area contributed by atoms with Crippen molar-refractivity contribution in [3.8, 4) is 23.2 Å². The molecule has 5 aliphatic rings. The lowest BCUT2D eigenvalue weighted by Gasteiger charge is -2.60. The van der Waals surface area contributed by atoms with E-state index in [4.69, 9.17) is 27.1 Å². The summed E-state index contributed by atoms with van der Waals surface area (Å²) in [7, 11) is 0. The van der Waals surface area contributed by atoms with Crippen LogP contribution in [0.4, 0.5) is 33.2 Å². The van der Waals surface area contributed by atoms with E-state index in [1.165, 1.54) is 12.1 Å². The number of nitrogen functional groups attached to an aromatic ring is 1. The van der Waals surface area contributed by atoms with Crippen LogP contribution in [0.2, 0.25) is 5.02 Å². The number of benzene rings is 2. The molecule has 2 N–H and O–H groups in total. The van der Waals surface area contributed by atoms with E-state index in [1.54, 1.807) is 11.0 Å². The molecule has 2 aromatic carbocycles. The van der Waals surface area contributed by atoms with Gasteiger partial charge in [-0.2, -0.15) is 29.3 Å². The highest BCUT2D eigenvalue weighted by molar-refractivity contribution is 7.23. The third-order valence-corrected chi connectivity index (χ3v) is 14.8. The molecule has 0 unspecified atom stereocenters. The Labute approximate surface area is 345 Å². The maximum Gasteiger partial charge on any atom is 0.346 e. The van der Waals surface area contributed by atoms with Crippen LogP contribution in [-0.4, -0.2) is 91.0 Å². The molecule has 5 aromatic rings. The van der Waals surface area contributed by atoms with Crippen molar-refractivity contribution in [1.29, 1.82) is 5.26 Å². The number of fused-ring (bicyclic) bond motifs is 3. The normalized spacial score (nSPS) is 26.3. The fraction of sp³-hybridized carbons (Fsp3) is 0.463. The summed E-state index contributed by atoms with van der Waals surface area (Å²) in [6.45, 7) is 8.71. The molecule has 18 heteroatoms. The molecule has 306 valence electrons. The van der Waals surface area contributed by atoms with Crippen molar-refractivity contribution in [3.05, 3.63) is 65.2 Å². The zero-order chi connectivity index (χ0) is 41.2. The number of ether oxygens (including phenoxy) is 1. The number of alkyl halides is 1. The van der Waals surface area contributed by atoms with Gasteiger partial charge in [0.2, 0.25) is 0 Å². The minimum Gasteiger partial charge on any atom is -0.427 e. The van der Waals surface area contributed by atoms with Gasteiger partial charge in [-0.1, -0.05) is 37.6 Å². The summed E-state index contributed by atoms with van der Waals surface area (Å²) >= 11 is 7.92. The molecule has 1 amide bonds. The number of anilines is 2. The molecule has 12 nitrogen and oxygen atoms in total. The number of aromatic nitrogens is 5. The Morgan fingerprint density at radius 2 is 1.93 bits per heavy atom. The van der Waals surface area contributed by atoms with Crippen LogP contribution >= 0.6 is 22.9 Å². The summed E-state index contributed by atoms with van der Waals surface area (Å²) < 4.78 is 68.8. The zero-order valence-corrected chi connectivity index (χ0v) is 33.7. The largest absolute Gasteiger partial charge is 0.427 e. The van der Waals surface area contributed by atoms with Gasteiger partial charge < -0.3 is 20.3 Å². The van der Waals surface area contributed by atoms with Crippen molar-refractivity contribution in [1.82, 2.24) is 34.5 Å². The highest BCUT2D eigenvalue weighted by Gasteiger charge is 2.65. The number of thiophene rings is 1. The number of nitrogens with two attached hydrogens (primary N) is 1. The van der Waals surface area contributed by atoms with E-state index in [9.17, 15) is 18.8 Å². The molecular formula is C41H39ClF4N10O2S. The quantitative estimate of drug-likeness (QED) is 0.131. The average molecular weight is 847 g/mol. The Morgan fingerprint density at radius 1 is 1.12 bits per heavy atom. The molecule has 1 aliphatic carbocycles. The highest BCUT2D eigenvalue weighted by atomic mass is 35.5. The Hall–Kier alpha value is -5.05. The van der Waals surface area contributed by atoms with Gasteiger partial charge in [-0.25, -0.2) is 18.0 Å². The van der Waals surface area contributed by atoms with Crippen LogP contribution in [0.5, 0.6) is 6.01 Å². The van der Waals surface area contributed by atoms with Crippen LogP contribution in [0.3, 0.4) is 0 Å². The van der Waals surface area contributed by atoms with Crippen LogP contribution < -0.4 is 15.4 Å². The third-order valence-electron chi connectivity index (χ3n) is 13.5. The standard InChI is InChI=1S/C41H39ClF4N10O2S/c1-21(41-9-5-13-54(41)17-22(43)15-41)58-37-50-31-24(14-26(42)29(30(31)45)23-6-7-27(44)32-28(23)25(16-47)33(48)59-32)34(51-37)53-12-4-3-8-40(18-53)19-55(35(40)39(2)10-11-39)38(57)56-20-49-36(46)52-56/h6-7,14,20,22,35H,1,3-5,8-13,15,17-19,48H2,2H3/t22-,35-,40-,41+/m1/s1. The summed E-state index contributed by atoms with van der Waals surface area (Å²) in [5, 5.41) is 14.2. The molecule has 10 rings (SSSR count). The molecule has 0 bridgehead atoms. The first-order valence-corrected chi connectivity index (χ1v) is 21.0. The van der Waals surface area contributed by atoms with Crippen molar-refractivity contribution in [2.75, 3.05) is 43.4 Å². The summed E-state index contributed by atoms with van der Waals surface area (Å²) in [6, 6.07) is 5.33. The number of nitrogens with zero attached hydrogens (tertiary/aromatic N) is 9. The molecule has 0 radical (unpaired) electrons. The molecular weight excluding hydrogens is 808 g/mol. The molecule has 4 atom stereocenters. The molecule has 5 fully saturated rings. The smallest absolute Gasteiger partial charge is 0.346 e.